The van der Waals surface area contributed by atoms with Crippen LogP contribution in [-0.2, 0) is 6.42 Å². The van der Waals surface area contributed by atoms with Gasteiger partial charge in [0.2, 0.25) is 0 Å². The van der Waals surface area contributed by atoms with E-state index in [1.807, 2.05) is 18.2 Å². The monoisotopic (exact) mass is 346 g/mol. The SMILES string of the molecule is Fc1ccccc1CC(Br)c1cc(Cl)cc(Cl)c1. The zero-order valence-electron chi connectivity index (χ0n) is 9.34. The normalized spacial score (nSPS) is 12.4. The van der Waals surface area contributed by atoms with E-state index in [2.05, 4.69) is 15.9 Å². The van der Waals surface area contributed by atoms with Crippen molar-refractivity contribution in [3.05, 3.63) is 69.5 Å². The summed E-state index contributed by atoms with van der Waals surface area (Å²) in [7, 11) is 0. The Morgan fingerprint density at radius 3 is 2.28 bits per heavy atom. The van der Waals surface area contributed by atoms with E-state index in [4.69, 9.17) is 23.2 Å². The van der Waals surface area contributed by atoms with Crippen LogP contribution in [0.15, 0.2) is 42.5 Å². The third-order valence-corrected chi connectivity index (χ3v) is 3.89. The maximum absolute atomic E-state index is 13.6. The van der Waals surface area contributed by atoms with Gasteiger partial charge >= 0.3 is 0 Å². The minimum absolute atomic E-state index is 0.0226. The van der Waals surface area contributed by atoms with E-state index in [0.29, 0.717) is 22.0 Å². The van der Waals surface area contributed by atoms with Gasteiger partial charge in [0.05, 0.1) is 0 Å². The molecule has 0 amide bonds. The molecule has 1 atom stereocenters. The van der Waals surface area contributed by atoms with E-state index in [1.165, 1.54) is 6.07 Å². The first-order valence-corrected chi connectivity index (χ1v) is 7.07. The smallest absolute Gasteiger partial charge is 0.126 e. The molecule has 94 valence electrons. The van der Waals surface area contributed by atoms with Gasteiger partial charge in [0.1, 0.15) is 5.82 Å². The molecule has 0 aliphatic rings. The first-order chi connectivity index (χ1) is 8.56. The average Bonchev–Trinajstić information content (AvgIpc) is 2.31. The van der Waals surface area contributed by atoms with Gasteiger partial charge in [-0.15, -0.1) is 0 Å². The van der Waals surface area contributed by atoms with Crippen LogP contribution in [0.5, 0.6) is 0 Å². The molecule has 0 radical (unpaired) electrons. The van der Waals surface area contributed by atoms with Crippen LogP contribution >= 0.6 is 39.1 Å². The average molecular weight is 348 g/mol. The fourth-order valence-corrected chi connectivity index (χ4v) is 2.89. The van der Waals surface area contributed by atoms with E-state index in [-0.39, 0.29) is 10.6 Å². The van der Waals surface area contributed by atoms with Crippen LogP contribution in [0.4, 0.5) is 4.39 Å². The van der Waals surface area contributed by atoms with Gasteiger partial charge in [-0.25, -0.2) is 4.39 Å². The molecule has 0 fully saturated rings. The molecule has 0 spiro atoms. The second-order valence-electron chi connectivity index (χ2n) is 3.97. The number of rotatable bonds is 3. The van der Waals surface area contributed by atoms with Crippen molar-refractivity contribution in [2.75, 3.05) is 0 Å². The Labute approximate surface area is 124 Å². The highest BCUT2D eigenvalue weighted by molar-refractivity contribution is 9.09. The molecule has 0 aliphatic carbocycles. The largest absolute Gasteiger partial charge is 0.207 e. The van der Waals surface area contributed by atoms with Gasteiger partial charge in [0, 0.05) is 14.9 Å². The maximum atomic E-state index is 13.6. The molecule has 0 saturated heterocycles. The summed E-state index contributed by atoms with van der Waals surface area (Å²) in [6.07, 6.45) is 0.545. The Bertz CT molecular complexity index is 537. The molecule has 4 heteroatoms. The van der Waals surface area contributed by atoms with Gasteiger partial charge < -0.3 is 0 Å². The standard InChI is InChI=1S/C14H10BrCl2F/c15-13(7-9-3-1-2-4-14(9)18)10-5-11(16)8-12(17)6-10/h1-6,8,13H,7H2. The molecule has 2 aromatic rings. The van der Waals surface area contributed by atoms with Gasteiger partial charge in [0.25, 0.3) is 0 Å². The summed E-state index contributed by atoms with van der Waals surface area (Å²) in [6, 6.07) is 12.1. The Balaban J connectivity index is 2.22. The maximum Gasteiger partial charge on any atom is 0.126 e. The Kier molecular flexibility index (Phi) is 4.66. The summed E-state index contributed by atoms with van der Waals surface area (Å²) >= 11 is 15.4. The van der Waals surface area contributed by atoms with Gasteiger partial charge in [-0.05, 0) is 41.8 Å². The first kappa shape index (κ1) is 13.9. The highest BCUT2D eigenvalue weighted by Gasteiger charge is 2.12. The second-order valence-corrected chi connectivity index (χ2v) is 5.94. The Hall–Kier alpha value is -0.570. The molecule has 0 bridgehead atoms. The van der Waals surface area contributed by atoms with Crippen molar-refractivity contribution in [1.82, 2.24) is 0 Å². The fourth-order valence-electron chi connectivity index (χ4n) is 1.73. The lowest BCUT2D eigenvalue weighted by Gasteiger charge is -2.12. The van der Waals surface area contributed by atoms with Crippen molar-refractivity contribution in [3.8, 4) is 0 Å². The number of benzene rings is 2. The molecule has 2 aromatic carbocycles. The van der Waals surface area contributed by atoms with Crippen molar-refractivity contribution in [3.63, 3.8) is 0 Å². The number of hydrogen-bond acceptors (Lipinski definition) is 0. The summed E-state index contributed by atoms with van der Waals surface area (Å²) in [5.41, 5.74) is 1.60. The summed E-state index contributed by atoms with van der Waals surface area (Å²) in [5.74, 6) is -0.199. The Morgan fingerprint density at radius 1 is 1.06 bits per heavy atom. The lowest BCUT2D eigenvalue weighted by Crippen LogP contribution is -1.98. The lowest BCUT2D eigenvalue weighted by atomic mass is 10.0. The summed E-state index contributed by atoms with van der Waals surface area (Å²) in [5, 5.41) is 1.16. The van der Waals surface area contributed by atoms with E-state index in [1.54, 1.807) is 18.2 Å². The second kappa shape index (κ2) is 6.05. The van der Waals surface area contributed by atoms with Crippen LogP contribution in [0.3, 0.4) is 0 Å². The predicted octanol–water partition coefficient (Wildman–Crippen LogP) is 5.81. The van der Waals surface area contributed by atoms with Gasteiger partial charge in [-0.2, -0.15) is 0 Å². The quantitative estimate of drug-likeness (QED) is 0.614. The third kappa shape index (κ3) is 3.47. The molecule has 18 heavy (non-hydrogen) atoms. The topological polar surface area (TPSA) is 0 Å². The zero-order chi connectivity index (χ0) is 13.1. The van der Waals surface area contributed by atoms with E-state index < -0.39 is 0 Å². The van der Waals surface area contributed by atoms with Gasteiger partial charge in [0.15, 0.2) is 0 Å². The molecular weight excluding hydrogens is 338 g/mol. The molecule has 2 rings (SSSR count). The molecule has 0 aliphatic heterocycles. The lowest BCUT2D eigenvalue weighted by molar-refractivity contribution is 0.608. The van der Waals surface area contributed by atoms with Crippen molar-refractivity contribution >= 4 is 39.1 Å². The van der Waals surface area contributed by atoms with Crippen LogP contribution in [0, 0.1) is 5.82 Å². The van der Waals surface area contributed by atoms with Crippen molar-refractivity contribution in [2.45, 2.75) is 11.2 Å². The number of halogens is 4. The van der Waals surface area contributed by atoms with Crippen LogP contribution in [0.1, 0.15) is 16.0 Å². The summed E-state index contributed by atoms with van der Waals surface area (Å²) < 4.78 is 13.6. The minimum atomic E-state index is -0.199. The Morgan fingerprint density at radius 2 is 1.67 bits per heavy atom. The molecule has 0 aromatic heterocycles. The number of hydrogen-bond donors (Lipinski definition) is 0. The molecule has 0 saturated carbocycles. The zero-order valence-corrected chi connectivity index (χ0v) is 12.4. The minimum Gasteiger partial charge on any atom is -0.207 e. The molecule has 0 nitrogen and oxygen atoms in total. The van der Waals surface area contributed by atoms with E-state index in [9.17, 15) is 4.39 Å². The van der Waals surface area contributed by atoms with Crippen molar-refractivity contribution in [2.24, 2.45) is 0 Å². The van der Waals surface area contributed by atoms with E-state index >= 15 is 0 Å². The molecule has 0 heterocycles. The molecular formula is C14H10BrCl2F. The van der Waals surface area contributed by atoms with Crippen LogP contribution < -0.4 is 0 Å². The third-order valence-electron chi connectivity index (χ3n) is 2.60. The number of alkyl halides is 1. The fraction of sp³-hybridized carbons (Fsp3) is 0.143. The van der Waals surface area contributed by atoms with Gasteiger partial charge in [-0.1, -0.05) is 57.3 Å². The summed E-state index contributed by atoms with van der Waals surface area (Å²) in [4.78, 5) is -0.0226. The van der Waals surface area contributed by atoms with Crippen LogP contribution in [0.2, 0.25) is 10.0 Å². The summed E-state index contributed by atoms with van der Waals surface area (Å²) in [6.45, 7) is 0. The molecule has 1 unspecified atom stereocenters. The first-order valence-electron chi connectivity index (χ1n) is 5.40. The van der Waals surface area contributed by atoms with Crippen LogP contribution in [-0.4, -0.2) is 0 Å². The van der Waals surface area contributed by atoms with Crippen molar-refractivity contribution in [1.29, 1.82) is 0 Å². The van der Waals surface area contributed by atoms with E-state index in [0.717, 1.165) is 5.56 Å². The highest BCUT2D eigenvalue weighted by atomic mass is 79.9. The molecule has 0 N–H and O–H groups in total. The van der Waals surface area contributed by atoms with Gasteiger partial charge in [-0.3, -0.25) is 0 Å². The highest BCUT2D eigenvalue weighted by Crippen LogP contribution is 2.31. The predicted molar refractivity (Wildman–Crippen MR) is 78.2 cm³/mol. The van der Waals surface area contributed by atoms with Crippen LogP contribution in [0.25, 0.3) is 0 Å². The van der Waals surface area contributed by atoms with Crippen molar-refractivity contribution < 1.29 is 4.39 Å².